The van der Waals surface area contributed by atoms with Gasteiger partial charge in [0.1, 0.15) is 0 Å². The monoisotopic (exact) mass is 341 g/mol. The van der Waals surface area contributed by atoms with Crippen molar-refractivity contribution in [1.82, 2.24) is 5.32 Å². The first-order valence-electron chi connectivity index (χ1n) is 5.19. The molecule has 0 spiro atoms. The Morgan fingerprint density at radius 3 is 2.37 bits per heavy atom. The number of halogens is 4. The van der Waals surface area contributed by atoms with Crippen LogP contribution < -0.4 is 5.32 Å². The Kier molecular flexibility index (Phi) is 5.33. The highest BCUT2D eigenvalue weighted by Crippen LogP contribution is 2.31. The third-order valence-corrected chi connectivity index (χ3v) is 3.01. The SMILES string of the molecule is O=C(NC(CO)CO)c1cc(C(F)(F)F)ccc1Br. The van der Waals surface area contributed by atoms with Gasteiger partial charge < -0.3 is 15.5 Å². The second-order valence-corrected chi connectivity index (χ2v) is 4.58. The van der Waals surface area contributed by atoms with Gasteiger partial charge in [0.2, 0.25) is 0 Å². The highest BCUT2D eigenvalue weighted by atomic mass is 79.9. The summed E-state index contributed by atoms with van der Waals surface area (Å²) in [7, 11) is 0. The standard InChI is InChI=1S/C11H11BrF3NO3/c12-9-2-1-6(11(13,14)15)3-8(9)10(19)16-7(4-17)5-18/h1-3,7,17-18H,4-5H2,(H,16,19). The number of benzene rings is 1. The van der Waals surface area contributed by atoms with Crippen LogP contribution in [-0.4, -0.2) is 35.4 Å². The number of alkyl halides is 3. The average molecular weight is 342 g/mol. The van der Waals surface area contributed by atoms with Crippen molar-refractivity contribution in [1.29, 1.82) is 0 Å². The van der Waals surface area contributed by atoms with E-state index in [4.69, 9.17) is 10.2 Å². The van der Waals surface area contributed by atoms with Crippen molar-refractivity contribution in [3.63, 3.8) is 0 Å². The summed E-state index contributed by atoms with van der Waals surface area (Å²) in [5.74, 6) is -0.814. The Morgan fingerprint density at radius 2 is 1.89 bits per heavy atom. The number of nitrogens with one attached hydrogen (secondary N) is 1. The molecule has 0 fully saturated rings. The lowest BCUT2D eigenvalue weighted by molar-refractivity contribution is -0.137. The minimum Gasteiger partial charge on any atom is -0.394 e. The van der Waals surface area contributed by atoms with E-state index < -0.39 is 36.9 Å². The second kappa shape index (κ2) is 6.36. The predicted molar refractivity (Wildman–Crippen MR) is 64.6 cm³/mol. The van der Waals surface area contributed by atoms with Crippen LogP contribution in [0.4, 0.5) is 13.2 Å². The quantitative estimate of drug-likeness (QED) is 0.778. The molecule has 1 aromatic carbocycles. The molecule has 106 valence electrons. The number of aliphatic hydroxyl groups is 2. The van der Waals surface area contributed by atoms with Crippen molar-refractivity contribution < 1.29 is 28.2 Å². The van der Waals surface area contributed by atoms with Gasteiger partial charge in [-0.05, 0) is 34.1 Å². The van der Waals surface area contributed by atoms with Crippen LogP contribution in [0.1, 0.15) is 15.9 Å². The van der Waals surface area contributed by atoms with Gasteiger partial charge in [-0.15, -0.1) is 0 Å². The average Bonchev–Trinajstić information content (AvgIpc) is 2.34. The minimum absolute atomic E-state index is 0.188. The summed E-state index contributed by atoms with van der Waals surface area (Å²) in [6.07, 6.45) is -4.55. The normalized spacial score (nSPS) is 11.7. The van der Waals surface area contributed by atoms with Crippen molar-refractivity contribution in [3.8, 4) is 0 Å². The third kappa shape index (κ3) is 4.19. The van der Waals surface area contributed by atoms with Gasteiger partial charge in [-0.2, -0.15) is 13.2 Å². The van der Waals surface area contributed by atoms with E-state index in [2.05, 4.69) is 21.2 Å². The molecule has 3 N–H and O–H groups in total. The molecule has 1 rings (SSSR count). The molecule has 1 amide bonds. The molecule has 8 heteroatoms. The zero-order valence-corrected chi connectivity index (χ0v) is 11.1. The van der Waals surface area contributed by atoms with Gasteiger partial charge in [-0.3, -0.25) is 4.79 Å². The molecule has 4 nitrogen and oxygen atoms in total. The first kappa shape index (κ1) is 15.9. The van der Waals surface area contributed by atoms with E-state index in [1.165, 1.54) is 0 Å². The van der Waals surface area contributed by atoms with Gasteiger partial charge in [-0.25, -0.2) is 0 Å². The van der Waals surface area contributed by atoms with E-state index >= 15 is 0 Å². The molecule has 1 aromatic rings. The van der Waals surface area contributed by atoms with Crippen LogP contribution in [0.25, 0.3) is 0 Å². The highest BCUT2D eigenvalue weighted by molar-refractivity contribution is 9.10. The maximum Gasteiger partial charge on any atom is 0.416 e. The number of hydrogen-bond donors (Lipinski definition) is 3. The molecule has 0 aliphatic rings. The number of amides is 1. The summed E-state index contributed by atoms with van der Waals surface area (Å²) in [6.45, 7) is -1.03. The van der Waals surface area contributed by atoms with Gasteiger partial charge in [0.25, 0.3) is 5.91 Å². The van der Waals surface area contributed by atoms with Crippen molar-refractivity contribution in [2.75, 3.05) is 13.2 Å². The van der Waals surface area contributed by atoms with Crippen molar-refractivity contribution in [2.24, 2.45) is 0 Å². The van der Waals surface area contributed by atoms with Gasteiger partial charge in [-0.1, -0.05) is 0 Å². The second-order valence-electron chi connectivity index (χ2n) is 3.73. The van der Waals surface area contributed by atoms with Crippen molar-refractivity contribution in [3.05, 3.63) is 33.8 Å². The number of aliphatic hydroxyl groups excluding tert-OH is 2. The van der Waals surface area contributed by atoms with Crippen molar-refractivity contribution in [2.45, 2.75) is 12.2 Å². The zero-order valence-electron chi connectivity index (χ0n) is 9.54. The first-order chi connectivity index (χ1) is 8.79. The molecule has 0 atom stereocenters. The van der Waals surface area contributed by atoms with E-state index in [0.29, 0.717) is 6.07 Å². The Balaban J connectivity index is 3.02. The van der Waals surface area contributed by atoms with E-state index in [0.717, 1.165) is 12.1 Å². The molecule has 0 aromatic heterocycles. The minimum atomic E-state index is -4.55. The lowest BCUT2D eigenvalue weighted by Gasteiger charge is -2.15. The summed E-state index contributed by atoms with van der Waals surface area (Å²) in [5, 5.41) is 19.8. The van der Waals surface area contributed by atoms with Crippen LogP contribution in [0.2, 0.25) is 0 Å². The summed E-state index contributed by atoms with van der Waals surface area (Å²) >= 11 is 2.98. The van der Waals surface area contributed by atoms with E-state index in [1.807, 2.05) is 0 Å². The number of hydrogen-bond acceptors (Lipinski definition) is 3. The molecular weight excluding hydrogens is 331 g/mol. The van der Waals surface area contributed by atoms with Crippen molar-refractivity contribution >= 4 is 21.8 Å². The molecule has 19 heavy (non-hydrogen) atoms. The van der Waals surface area contributed by atoms with Crippen LogP contribution >= 0.6 is 15.9 Å². The summed E-state index contributed by atoms with van der Waals surface area (Å²) in [4.78, 5) is 11.7. The third-order valence-electron chi connectivity index (χ3n) is 2.31. The highest BCUT2D eigenvalue weighted by Gasteiger charge is 2.31. The maximum absolute atomic E-state index is 12.5. The van der Waals surface area contributed by atoms with Crippen LogP contribution in [0, 0.1) is 0 Å². The fraction of sp³-hybridized carbons (Fsp3) is 0.364. The van der Waals surface area contributed by atoms with Crippen LogP contribution in [0.3, 0.4) is 0 Å². The number of carbonyl (C=O) groups is 1. The summed E-state index contributed by atoms with van der Waals surface area (Å²) in [6, 6.07) is 1.74. The van der Waals surface area contributed by atoms with Gasteiger partial charge >= 0.3 is 6.18 Å². The molecule has 0 saturated heterocycles. The molecular formula is C11H11BrF3NO3. The van der Waals surface area contributed by atoms with Crippen LogP contribution in [0.5, 0.6) is 0 Å². The molecule has 0 saturated carbocycles. The molecule has 0 radical (unpaired) electrons. The molecule has 0 aliphatic carbocycles. The molecule has 0 bridgehead atoms. The smallest absolute Gasteiger partial charge is 0.394 e. The lowest BCUT2D eigenvalue weighted by atomic mass is 10.1. The first-order valence-corrected chi connectivity index (χ1v) is 5.98. The lowest BCUT2D eigenvalue weighted by Crippen LogP contribution is -2.40. The zero-order chi connectivity index (χ0) is 14.6. The summed E-state index contributed by atoms with van der Waals surface area (Å²) in [5.41, 5.74) is -1.17. The van der Waals surface area contributed by atoms with Gasteiger partial charge in [0, 0.05) is 4.47 Å². The van der Waals surface area contributed by atoms with Gasteiger partial charge in [0.15, 0.2) is 0 Å². The Morgan fingerprint density at radius 1 is 1.32 bits per heavy atom. The maximum atomic E-state index is 12.5. The Hall–Kier alpha value is -1.12. The van der Waals surface area contributed by atoms with Gasteiger partial charge in [0.05, 0.1) is 30.4 Å². The largest absolute Gasteiger partial charge is 0.416 e. The molecule has 0 heterocycles. The fourth-order valence-electron chi connectivity index (χ4n) is 1.29. The van der Waals surface area contributed by atoms with E-state index in [9.17, 15) is 18.0 Å². The van der Waals surface area contributed by atoms with Crippen LogP contribution in [0.15, 0.2) is 22.7 Å². The molecule has 0 unspecified atom stereocenters. The van der Waals surface area contributed by atoms with Crippen LogP contribution in [-0.2, 0) is 6.18 Å². The number of carbonyl (C=O) groups excluding carboxylic acids is 1. The topological polar surface area (TPSA) is 69.6 Å². The predicted octanol–water partition coefficient (Wildman–Crippen LogP) is 1.55. The summed E-state index contributed by atoms with van der Waals surface area (Å²) < 4.78 is 37.8. The number of rotatable bonds is 4. The Bertz CT molecular complexity index is 461. The Labute approximate surface area is 115 Å². The van der Waals surface area contributed by atoms with E-state index in [1.54, 1.807) is 0 Å². The molecule has 0 aliphatic heterocycles. The van der Waals surface area contributed by atoms with E-state index in [-0.39, 0.29) is 10.0 Å². The fourth-order valence-corrected chi connectivity index (χ4v) is 1.71.